The highest BCUT2D eigenvalue weighted by atomic mass is 35.5. The summed E-state index contributed by atoms with van der Waals surface area (Å²) in [7, 11) is -3.60. The van der Waals surface area contributed by atoms with E-state index in [0.717, 1.165) is 38.4 Å². The maximum absolute atomic E-state index is 12.9. The van der Waals surface area contributed by atoms with Gasteiger partial charge in [0.05, 0.1) is 10.8 Å². The standard InChI is InChI=1S/C21H32ClN3O3S/c1-17-5-2-12-24(15-17)13-4-11-23-21(26)18-6-3-14-25(16-18)29(27,28)20-9-7-19(22)8-10-20/h7-10,17-18H,2-6,11-16H2,1H3,(H,23,26)/t17-,18-/m1/s1. The van der Waals surface area contributed by atoms with E-state index in [4.69, 9.17) is 11.6 Å². The van der Waals surface area contributed by atoms with Crippen LogP contribution in [0.2, 0.25) is 5.02 Å². The number of likely N-dealkylation sites (tertiary alicyclic amines) is 1. The number of carbonyl (C=O) groups is 1. The smallest absolute Gasteiger partial charge is 0.243 e. The summed E-state index contributed by atoms with van der Waals surface area (Å²) in [5.41, 5.74) is 0. The van der Waals surface area contributed by atoms with E-state index < -0.39 is 10.0 Å². The van der Waals surface area contributed by atoms with Crippen LogP contribution in [0.4, 0.5) is 0 Å². The van der Waals surface area contributed by atoms with Gasteiger partial charge in [-0.25, -0.2) is 8.42 Å². The highest BCUT2D eigenvalue weighted by molar-refractivity contribution is 7.89. The topological polar surface area (TPSA) is 69.7 Å². The Labute approximate surface area is 179 Å². The molecule has 1 aromatic rings. The number of hydrogen-bond donors (Lipinski definition) is 1. The number of rotatable bonds is 7. The van der Waals surface area contributed by atoms with Gasteiger partial charge >= 0.3 is 0 Å². The van der Waals surface area contributed by atoms with Crippen LogP contribution < -0.4 is 5.32 Å². The van der Waals surface area contributed by atoms with Gasteiger partial charge in [-0.3, -0.25) is 4.79 Å². The van der Waals surface area contributed by atoms with Crippen LogP contribution in [-0.4, -0.2) is 62.8 Å². The van der Waals surface area contributed by atoms with Crippen molar-refractivity contribution in [3.05, 3.63) is 29.3 Å². The van der Waals surface area contributed by atoms with Crippen molar-refractivity contribution in [1.29, 1.82) is 0 Å². The van der Waals surface area contributed by atoms with Crippen LogP contribution in [-0.2, 0) is 14.8 Å². The number of halogens is 1. The fourth-order valence-electron chi connectivity index (χ4n) is 4.28. The summed E-state index contributed by atoms with van der Waals surface area (Å²) in [5, 5.41) is 3.52. The number of piperidine rings is 2. The molecule has 2 aliphatic rings. The molecule has 2 heterocycles. The first-order chi connectivity index (χ1) is 13.9. The van der Waals surface area contributed by atoms with Gasteiger partial charge in [-0.15, -0.1) is 0 Å². The maximum Gasteiger partial charge on any atom is 0.243 e. The SMILES string of the molecule is C[C@@H]1CCCN(CCCNC(=O)[C@@H]2CCCN(S(=O)(=O)c3ccc(Cl)cc3)C2)C1. The Morgan fingerprint density at radius 1 is 1.14 bits per heavy atom. The molecule has 1 aromatic carbocycles. The summed E-state index contributed by atoms with van der Waals surface area (Å²) in [6, 6.07) is 6.18. The molecule has 3 rings (SSSR count). The van der Waals surface area contributed by atoms with Crippen LogP contribution in [0.15, 0.2) is 29.2 Å². The molecule has 162 valence electrons. The lowest BCUT2D eigenvalue weighted by Gasteiger charge is -2.32. The molecule has 0 radical (unpaired) electrons. The summed E-state index contributed by atoms with van der Waals surface area (Å²) >= 11 is 5.86. The zero-order valence-electron chi connectivity index (χ0n) is 17.1. The van der Waals surface area contributed by atoms with E-state index in [-0.39, 0.29) is 23.3 Å². The van der Waals surface area contributed by atoms with E-state index in [1.54, 1.807) is 12.1 Å². The Hall–Kier alpha value is -1.15. The molecule has 2 aliphatic heterocycles. The van der Waals surface area contributed by atoms with Gasteiger partial charge in [-0.05, 0) is 75.4 Å². The minimum absolute atomic E-state index is 0.0342. The quantitative estimate of drug-likeness (QED) is 0.660. The molecule has 0 aliphatic carbocycles. The van der Waals surface area contributed by atoms with Crippen molar-refractivity contribution in [3.8, 4) is 0 Å². The second-order valence-corrected chi connectivity index (χ2v) is 10.7. The van der Waals surface area contributed by atoms with Crippen molar-refractivity contribution in [2.75, 3.05) is 39.3 Å². The van der Waals surface area contributed by atoms with Gasteiger partial charge in [-0.1, -0.05) is 18.5 Å². The molecule has 0 spiro atoms. The number of carbonyl (C=O) groups excluding carboxylic acids is 1. The van der Waals surface area contributed by atoms with E-state index in [1.165, 1.54) is 29.3 Å². The number of nitrogens with one attached hydrogen (secondary N) is 1. The fourth-order valence-corrected chi connectivity index (χ4v) is 5.93. The Balaban J connectivity index is 1.47. The van der Waals surface area contributed by atoms with Gasteiger partial charge in [0, 0.05) is 31.2 Å². The molecular weight excluding hydrogens is 410 g/mol. The molecule has 0 bridgehead atoms. The minimum Gasteiger partial charge on any atom is -0.356 e. The molecular formula is C21H32ClN3O3S. The monoisotopic (exact) mass is 441 g/mol. The first-order valence-electron chi connectivity index (χ1n) is 10.6. The lowest BCUT2D eigenvalue weighted by Crippen LogP contribution is -2.45. The van der Waals surface area contributed by atoms with E-state index in [0.29, 0.717) is 24.5 Å². The van der Waals surface area contributed by atoms with Crippen LogP contribution in [0.1, 0.15) is 39.0 Å². The number of sulfonamides is 1. The van der Waals surface area contributed by atoms with Gasteiger partial charge in [0.25, 0.3) is 0 Å². The van der Waals surface area contributed by atoms with Crippen LogP contribution in [0.25, 0.3) is 0 Å². The number of amides is 1. The van der Waals surface area contributed by atoms with Crippen molar-refractivity contribution in [3.63, 3.8) is 0 Å². The number of hydrogen-bond acceptors (Lipinski definition) is 4. The van der Waals surface area contributed by atoms with Crippen LogP contribution in [0.3, 0.4) is 0 Å². The highest BCUT2D eigenvalue weighted by Crippen LogP contribution is 2.25. The predicted octanol–water partition coefficient (Wildman–Crippen LogP) is 2.98. The summed E-state index contributed by atoms with van der Waals surface area (Å²) in [6.45, 7) is 6.92. The lowest BCUT2D eigenvalue weighted by atomic mass is 9.99. The molecule has 0 unspecified atom stereocenters. The molecule has 8 heteroatoms. The Morgan fingerprint density at radius 2 is 1.86 bits per heavy atom. The average Bonchev–Trinajstić information content (AvgIpc) is 2.71. The van der Waals surface area contributed by atoms with E-state index in [9.17, 15) is 13.2 Å². The van der Waals surface area contributed by atoms with Crippen molar-refractivity contribution in [1.82, 2.24) is 14.5 Å². The minimum atomic E-state index is -3.60. The first kappa shape index (κ1) is 22.5. The normalized spacial score (nSPS) is 24.3. The zero-order chi connectivity index (χ0) is 20.9. The summed E-state index contributed by atoms with van der Waals surface area (Å²) in [4.78, 5) is 15.3. The van der Waals surface area contributed by atoms with Crippen LogP contribution in [0, 0.1) is 11.8 Å². The van der Waals surface area contributed by atoms with E-state index in [1.807, 2.05) is 0 Å². The molecule has 29 heavy (non-hydrogen) atoms. The third-order valence-corrected chi connectivity index (χ3v) is 8.03. The largest absolute Gasteiger partial charge is 0.356 e. The number of benzene rings is 1. The maximum atomic E-state index is 12.9. The zero-order valence-corrected chi connectivity index (χ0v) is 18.7. The van der Waals surface area contributed by atoms with E-state index >= 15 is 0 Å². The molecule has 0 aromatic heterocycles. The van der Waals surface area contributed by atoms with Crippen molar-refractivity contribution in [2.24, 2.45) is 11.8 Å². The molecule has 0 saturated carbocycles. The average molecular weight is 442 g/mol. The van der Waals surface area contributed by atoms with Gasteiger partial charge in [0.15, 0.2) is 0 Å². The summed E-state index contributed by atoms with van der Waals surface area (Å²) < 4.78 is 27.2. The Morgan fingerprint density at radius 3 is 2.59 bits per heavy atom. The van der Waals surface area contributed by atoms with E-state index in [2.05, 4.69) is 17.1 Å². The first-order valence-corrected chi connectivity index (χ1v) is 12.4. The van der Waals surface area contributed by atoms with Gasteiger partial charge in [-0.2, -0.15) is 4.31 Å². The van der Waals surface area contributed by atoms with Crippen molar-refractivity contribution >= 4 is 27.5 Å². The molecule has 2 fully saturated rings. The number of nitrogens with zero attached hydrogens (tertiary/aromatic N) is 2. The molecule has 2 atom stereocenters. The molecule has 1 amide bonds. The fraction of sp³-hybridized carbons (Fsp3) is 0.667. The second-order valence-electron chi connectivity index (χ2n) is 8.35. The molecule has 6 nitrogen and oxygen atoms in total. The van der Waals surface area contributed by atoms with Crippen molar-refractivity contribution < 1.29 is 13.2 Å². The molecule has 2 saturated heterocycles. The van der Waals surface area contributed by atoms with Crippen LogP contribution in [0.5, 0.6) is 0 Å². The predicted molar refractivity (Wildman–Crippen MR) is 115 cm³/mol. The van der Waals surface area contributed by atoms with Gasteiger partial charge in [0.1, 0.15) is 0 Å². The Bertz CT molecular complexity index is 785. The highest BCUT2D eigenvalue weighted by Gasteiger charge is 2.33. The van der Waals surface area contributed by atoms with Crippen molar-refractivity contribution in [2.45, 2.75) is 43.9 Å². The Kier molecular flexibility index (Phi) is 7.96. The lowest BCUT2D eigenvalue weighted by molar-refractivity contribution is -0.126. The third kappa shape index (κ3) is 6.17. The molecule has 1 N–H and O–H groups in total. The summed E-state index contributed by atoms with van der Waals surface area (Å²) in [5.74, 6) is 0.433. The van der Waals surface area contributed by atoms with Gasteiger partial charge in [0.2, 0.25) is 15.9 Å². The third-order valence-electron chi connectivity index (χ3n) is 5.90. The van der Waals surface area contributed by atoms with Gasteiger partial charge < -0.3 is 10.2 Å². The second kappa shape index (κ2) is 10.2. The summed E-state index contributed by atoms with van der Waals surface area (Å²) in [6.07, 6.45) is 4.91. The van der Waals surface area contributed by atoms with Crippen LogP contribution >= 0.6 is 11.6 Å².